The molecule has 0 aliphatic heterocycles. The molecule has 3 heterocycles. The minimum Gasteiger partial charge on any atom is -0.353 e. The highest BCUT2D eigenvalue weighted by Gasteiger charge is 2.06. The number of fused-ring (bicyclic) bond motifs is 1. The zero-order valence-electron chi connectivity index (χ0n) is 7.54. The van der Waals surface area contributed by atoms with Crippen LogP contribution in [0.2, 0.25) is 0 Å². The Kier molecular flexibility index (Phi) is 2.57. The SMILES string of the molecule is C.S=c1nc(-c2ccno2)[nH]n2cccc12. The quantitative estimate of drug-likeness (QED) is 0.658. The molecule has 0 saturated carbocycles. The van der Waals surface area contributed by atoms with Crippen molar-refractivity contribution in [3.8, 4) is 11.6 Å². The van der Waals surface area contributed by atoms with Crippen molar-refractivity contribution in [2.75, 3.05) is 0 Å². The standard InChI is InChI=1S/C9H6N4OS.CH4/c15-9-6-2-1-5-13(6)12-8(11-9)7-3-4-10-14-7;/h1-5H,(H,11,12,15);1H4. The van der Waals surface area contributed by atoms with E-state index in [4.69, 9.17) is 16.7 Å². The maximum atomic E-state index is 5.15. The van der Waals surface area contributed by atoms with Gasteiger partial charge in [-0.1, -0.05) is 24.8 Å². The lowest BCUT2D eigenvalue weighted by Crippen LogP contribution is -1.96. The van der Waals surface area contributed by atoms with E-state index < -0.39 is 0 Å². The molecule has 1 N–H and O–H groups in total. The van der Waals surface area contributed by atoms with E-state index in [-0.39, 0.29) is 7.43 Å². The van der Waals surface area contributed by atoms with Crippen molar-refractivity contribution in [3.63, 3.8) is 0 Å². The number of H-pyrrole nitrogens is 1. The molecule has 0 fully saturated rings. The highest BCUT2D eigenvalue weighted by Crippen LogP contribution is 2.14. The normalized spacial score (nSPS) is 10.2. The fourth-order valence-electron chi connectivity index (χ4n) is 1.40. The van der Waals surface area contributed by atoms with Crippen molar-refractivity contribution >= 4 is 17.7 Å². The molecule has 16 heavy (non-hydrogen) atoms. The van der Waals surface area contributed by atoms with Crippen LogP contribution in [0.5, 0.6) is 0 Å². The second-order valence-electron chi connectivity index (χ2n) is 3.02. The van der Waals surface area contributed by atoms with Crippen LogP contribution in [0.1, 0.15) is 7.43 Å². The van der Waals surface area contributed by atoms with E-state index >= 15 is 0 Å². The smallest absolute Gasteiger partial charge is 0.203 e. The van der Waals surface area contributed by atoms with Crippen LogP contribution in [0.15, 0.2) is 35.1 Å². The van der Waals surface area contributed by atoms with Gasteiger partial charge < -0.3 is 4.52 Å². The molecule has 0 amide bonds. The van der Waals surface area contributed by atoms with Gasteiger partial charge >= 0.3 is 0 Å². The lowest BCUT2D eigenvalue weighted by molar-refractivity contribution is 0.428. The molecule has 0 unspecified atom stereocenters. The molecule has 3 aromatic rings. The molecule has 0 aromatic carbocycles. The molecule has 6 heteroatoms. The van der Waals surface area contributed by atoms with Gasteiger partial charge in [0.15, 0.2) is 10.5 Å². The fourth-order valence-corrected chi connectivity index (χ4v) is 1.66. The Morgan fingerprint density at radius 1 is 1.38 bits per heavy atom. The van der Waals surface area contributed by atoms with E-state index in [0.717, 1.165) is 5.52 Å². The molecule has 0 aliphatic carbocycles. The van der Waals surface area contributed by atoms with E-state index in [1.165, 1.54) is 0 Å². The monoisotopic (exact) mass is 234 g/mol. The minimum absolute atomic E-state index is 0. The number of nitrogens with zero attached hydrogens (tertiary/aromatic N) is 3. The summed E-state index contributed by atoms with van der Waals surface area (Å²) in [5.41, 5.74) is 0.869. The molecule has 0 atom stereocenters. The van der Waals surface area contributed by atoms with Crippen LogP contribution in [0, 0.1) is 4.64 Å². The number of hydrogen-bond acceptors (Lipinski definition) is 4. The summed E-state index contributed by atoms with van der Waals surface area (Å²) < 4.78 is 7.33. The third kappa shape index (κ3) is 1.53. The van der Waals surface area contributed by atoms with E-state index in [0.29, 0.717) is 16.2 Å². The van der Waals surface area contributed by atoms with Gasteiger partial charge in [-0.3, -0.25) is 9.61 Å². The van der Waals surface area contributed by atoms with Crippen LogP contribution in [0.4, 0.5) is 0 Å². The van der Waals surface area contributed by atoms with Gasteiger partial charge in [-0.2, -0.15) is 0 Å². The average molecular weight is 234 g/mol. The Balaban J connectivity index is 0.000000963. The van der Waals surface area contributed by atoms with E-state index in [9.17, 15) is 0 Å². The van der Waals surface area contributed by atoms with Crippen molar-refractivity contribution in [1.82, 2.24) is 19.8 Å². The van der Waals surface area contributed by atoms with Crippen molar-refractivity contribution in [2.45, 2.75) is 7.43 Å². The lowest BCUT2D eigenvalue weighted by atomic mass is 10.4. The van der Waals surface area contributed by atoms with Gasteiger partial charge in [0, 0.05) is 12.3 Å². The predicted octanol–water partition coefficient (Wildman–Crippen LogP) is 2.68. The summed E-state index contributed by atoms with van der Waals surface area (Å²) in [4.78, 5) is 4.22. The highest BCUT2D eigenvalue weighted by molar-refractivity contribution is 7.71. The fraction of sp³-hybridized carbons (Fsp3) is 0.100. The Bertz CT molecular complexity index is 653. The van der Waals surface area contributed by atoms with Crippen LogP contribution in [0.3, 0.4) is 0 Å². The molecule has 5 nitrogen and oxygen atoms in total. The van der Waals surface area contributed by atoms with Crippen molar-refractivity contribution in [1.29, 1.82) is 0 Å². The second-order valence-corrected chi connectivity index (χ2v) is 3.40. The van der Waals surface area contributed by atoms with Crippen LogP contribution in [-0.2, 0) is 0 Å². The Morgan fingerprint density at radius 2 is 2.25 bits per heavy atom. The molecule has 3 aromatic heterocycles. The summed E-state index contributed by atoms with van der Waals surface area (Å²) >= 11 is 5.15. The van der Waals surface area contributed by atoms with Gasteiger partial charge in [0.25, 0.3) is 0 Å². The maximum absolute atomic E-state index is 5.15. The number of aromatic nitrogens is 4. The molecule has 0 radical (unpaired) electrons. The highest BCUT2D eigenvalue weighted by atomic mass is 32.1. The number of nitrogens with one attached hydrogen (secondary N) is 1. The van der Waals surface area contributed by atoms with Gasteiger partial charge in [0.1, 0.15) is 0 Å². The van der Waals surface area contributed by atoms with Crippen LogP contribution < -0.4 is 0 Å². The predicted molar refractivity (Wildman–Crippen MR) is 62.6 cm³/mol. The van der Waals surface area contributed by atoms with Gasteiger partial charge in [-0.15, -0.1) is 0 Å². The summed E-state index contributed by atoms with van der Waals surface area (Å²) in [5.74, 6) is 1.14. The second kappa shape index (κ2) is 3.90. The Morgan fingerprint density at radius 3 is 3.00 bits per heavy atom. The minimum atomic E-state index is 0. The summed E-state index contributed by atoms with van der Waals surface area (Å²) in [6, 6.07) is 5.52. The van der Waals surface area contributed by atoms with Gasteiger partial charge in [-0.25, -0.2) is 4.98 Å². The molecular weight excluding hydrogens is 224 g/mol. The first-order chi connectivity index (χ1) is 7.34. The number of rotatable bonds is 1. The zero-order valence-corrected chi connectivity index (χ0v) is 8.36. The first-order valence-corrected chi connectivity index (χ1v) is 4.74. The van der Waals surface area contributed by atoms with Gasteiger partial charge in [0.2, 0.25) is 5.76 Å². The number of hydrogen-bond donors (Lipinski definition) is 1. The van der Waals surface area contributed by atoms with Crippen molar-refractivity contribution in [2.24, 2.45) is 0 Å². The van der Waals surface area contributed by atoms with Crippen LogP contribution in [-0.4, -0.2) is 19.8 Å². The Hall–Kier alpha value is -1.95. The maximum Gasteiger partial charge on any atom is 0.203 e. The number of aromatic amines is 1. The summed E-state index contributed by atoms with van der Waals surface area (Å²) in [6.07, 6.45) is 3.43. The molecule has 82 valence electrons. The van der Waals surface area contributed by atoms with E-state index in [1.807, 2.05) is 18.3 Å². The first kappa shape index (κ1) is 10.6. The van der Waals surface area contributed by atoms with E-state index in [1.54, 1.807) is 16.8 Å². The lowest BCUT2D eigenvalue weighted by Gasteiger charge is -1.99. The largest absolute Gasteiger partial charge is 0.353 e. The third-order valence-corrected chi connectivity index (χ3v) is 2.38. The average Bonchev–Trinajstić information content (AvgIpc) is 2.88. The van der Waals surface area contributed by atoms with Crippen molar-refractivity contribution < 1.29 is 4.52 Å². The molecule has 0 aliphatic rings. The van der Waals surface area contributed by atoms with Crippen molar-refractivity contribution in [3.05, 3.63) is 35.2 Å². The summed E-state index contributed by atoms with van der Waals surface area (Å²) in [5, 5.41) is 6.67. The third-order valence-electron chi connectivity index (χ3n) is 2.08. The molecule has 3 rings (SSSR count). The van der Waals surface area contributed by atoms with Crippen LogP contribution in [0.25, 0.3) is 17.1 Å². The van der Waals surface area contributed by atoms with Gasteiger partial charge in [0.05, 0.1) is 11.7 Å². The molecule has 0 spiro atoms. The molecular formula is C10H10N4OS. The molecule has 0 saturated heterocycles. The van der Waals surface area contributed by atoms with Crippen LogP contribution >= 0.6 is 12.2 Å². The van der Waals surface area contributed by atoms with Gasteiger partial charge in [-0.05, 0) is 12.1 Å². The first-order valence-electron chi connectivity index (χ1n) is 4.33. The summed E-state index contributed by atoms with van der Waals surface area (Å²) in [7, 11) is 0. The van der Waals surface area contributed by atoms with E-state index in [2.05, 4.69) is 15.2 Å². The molecule has 0 bridgehead atoms. The zero-order chi connectivity index (χ0) is 10.3. The Labute approximate surface area is 96.7 Å². The summed E-state index contributed by atoms with van der Waals surface area (Å²) in [6.45, 7) is 0. The topological polar surface area (TPSA) is 59.1 Å².